The van der Waals surface area contributed by atoms with Crippen LogP contribution >= 0.6 is 39.1 Å². The summed E-state index contributed by atoms with van der Waals surface area (Å²) in [5, 5.41) is 3.27. The molecule has 1 aromatic heterocycles. The minimum Gasteiger partial charge on any atom is -0.448 e. The van der Waals surface area contributed by atoms with Crippen molar-refractivity contribution in [2.24, 2.45) is 0 Å². The van der Waals surface area contributed by atoms with Gasteiger partial charge in [0.15, 0.2) is 5.22 Å². The van der Waals surface area contributed by atoms with Gasteiger partial charge in [0, 0.05) is 10.4 Å². The molecule has 0 saturated heterocycles. The van der Waals surface area contributed by atoms with E-state index < -0.39 is 0 Å². The Bertz CT molecular complexity index is 736. The van der Waals surface area contributed by atoms with Crippen LogP contribution < -0.4 is 0 Å². The second-order valence-electron chi connectivity index (χ2n) is 4.19. The maximum atomic E-state index is 6.22. The van der Waals surface area contributed by atoms with E-state index in [-0.39, 0.29) is 4.83 Å². The van der Waals surface area contributed by atoms with Crippen LogP contribution in [-0.4, -0.2) is 0 Å². The second-order valence-corrected chi connectivity index (χ2v) is 5.88. The smallest absolute Gasteiger partial charge is 0.193 e. The minimum absolute atomic E-state index is 0.0535. The number of halogens is 3. The zero-order valence-electron chi connectivity index (χ0n) is 9.74. The molecule has 0 aliphatic rings. The molecule has 1 nitrogen and oxygen atoms in total. The third kappa shape index (κ3) is 2.40. The second kappa shape index (κ2) is 5.20. The third-order valence-electron chi connectivity index (χ3n) is 3.02. The molecule has 3 rings (SSSR count). The van der Waals surface area contributed by atoms with Crippen molar-refractivity contribution in [3.8, 4) is 0 Å². The Morgan fingerprint density at radius 3 is 2.32 bits per heavy atom. The number of furan rings is 1. The Kier molecular flexibility index (Phi) is 3.57. The van der Waals surface area contributed by atoms with Gasteiger partial charge >= 0.3 is 0 Å². The molecule has 0 radical (unpaired) electrons. The van der Waals surface area contributed by atoms with Crippen LogP contribution in [0.15, 0.2) is 52.9 Å². The molecule has 96 valence electrons. The molecule has 0 aliphatic carbocycles. The quantitative estimate of drug-likeness (QED) is 0.497. The Morgan fingerprint density at radius 2 is 1.63 bits per heavy atom. The maximum Gasteiger partial charge on any atom is 0.193 e. The van der Waals surface area contributed by atoms with E-state index in [4.69, 9.17) is 27.6 Å². The first kappa shape index (κ1) is 13.0. The van der Waals surface area contributed by atoms with E-state index in [1.54, 1.807) is 6.07 Å². The van der Waals surface area contributed by atoms with E-state index in [1.165, 1.54) is 0 Å². The van der Waals surface area contributed by atoms with Crippen LogP contribution in [0.2, 0.25) is 10.2 Å². The standard InChI is InChI=1S/C15H9BrCl2O/c16-15(13-7-8-14(18)19-13)11-5-6-12(17)10-4-2-1-3-9(10)11/h1-8,15H. The highest BCUT2D eigenvalue weighted by Crippen LogP contribution is 2.38. The summed E-state index contributed by atoms with van der Waals surface area (Å²) in [6, 6.07) is 15.5. The lowest BCUT2D eigenvalue weighted by molar-refractivity contribution is 0.522. The normalized spacial score (nSPS) is 12.8. The summed E-state index contributed by atoms with van der Waals surface area (Å²) in [5.41, 5.74) is 1.10. The Hall–Kier alpha value is -0.960. The molecule has 0 amide bonds. The fourth-order valence-corrected chi connectivity index (χ4v) is 3.15. The van der Waals surface area contributed by atoms with Gasteiger partial charge < -0.3 is 4.42 Å². The number of hydrogen-bond donors (Lipinski definition) is 0. The van der Waals surface area contributed by atoms with Crippen LogP contribution in [0.25, 0.3) is 10.8 Å². The maximum absolute atomic E-state index is 6.22. The Balaban J connectivity index is 2.18. The van der Waals surface area contributed by atoms with Crippen molar-refractivity contribution in [3.63, 3.8) is 0 Å². The molecule has 0 aliphatic heterocycles. The highest BCUT2D eigenvalue weighted by atomic mass is 79.9. The van der Waals surface area contributed by atoms with Crippen LogP contribution in [0.3, 0.4) is 0 Å². The van der Waals surface area contributed by atoms with Crippen LogP contribution in [0.1, 0.15) is 16.2 Å². The van der Waals surface area contributed by atoms with Gasteiger partial charge in [-0.25, -0.2) is 0 Å². The lowest BCUT2D eigenvalue weighted by Crippen LogP contribution is -1.92. The highest BCUT2D eigenvalue weighted by molar-refractivity contribution is 9.09. The van der Waals surface area contributed by atoms with Gasteiger partial charge in [0.05, 0.1) is 4.83 Å². The predicted molar refractivity (Wildman–Crippen MR) is 83.4 cm³/mol. The first-order valence-corrected chi connectivity index (χ1v) is 7.40. The summed E-state index contributed by atoms with van der Waals surface area (Å²) in [6.45, 7) is 0. The van der Waals surface area contributed by atoms with Crippen molar-refractivity contribution in [1.82, 2.24) is 0 Å². The van der Waals surface area contributed by atoms with E-state index in [2.05, 4.69) is 22.0 Å². The zero-order valence-corrected chi connectivity index (χ0v) is 12.8. The fourth-order valence-electron chi connectivity index (χ4n) is 2.12. The number of fused-ring (bicyclic) bond motifs is 1. The molecule has 4 heteroatoms. The van der Waals surface area contributed by atoms with E-state index in [9.17, 15) is 0 Å². The number of hydrogen-bond acceptors (Lipinski definition) is 1. The summed E-state index contributed by atoms with van der Waals surface area (Å²) in [7, 11) is 0. The first-order chi connectivity index (χ1) is 9.16. The molecular weight excluding hydrogens is 347 g/mol. The summed E-state index contributed by atoms with van der Waals surface area (Å²) in [6.07, 6.45) is 0. The summed E-state index contributed by atoms with van der Waals surface area (Å²) in [5.74, 6) is 0.775. The van der Waals surface area contributed by atoms with E-state index in [1.807, 2.05) is 36.4 Å². The molecule has 0 fully saturated rings. The zero-order chi connectivity index (χ0) is 13.4. The summed E-state index contributed by atoms with van der Waals surface area (Å²) in [4.78, 5) is -0.0535. The molecule has 1 atom stereocenters. The predicted octanol–water partition coefficient (Wildman–Crippen LogP) is 6.22. The molecule has 0 bridgehead atoms. The third-order valence-corrected chi connectivity index (χ3v) is 4.50. The number of benzene rings is 2. The van der Waals surface area contributed by atoms with Crippen molar-refractivity contribution < 1.29 is 4.42 Å². The molecule has 1 unspecified atom stereocenters. The number of rotatable bonds is 2. The first-order valence-electron chi connectivity index (χ1n) is 5.73. The average Bonchev–Trinajstić information content (AvgIpc) is 2.86. The van der Waals surface area contributed by atoms with Gasteiger partial charge in [-0.3, -0.25) is 0 Å². The largest absolute Gasteiger partial charge is 0.448 e. The molecule has 0 spiro atoms. The van der Waals surface area contributed by atoms with Crippen molar-refractivity contribution in [2.75, 3.05) is 0 Å². The molecule has 0 N–H and O–H groups in total. The van der Waals surface area contributed by atoms with Crippen molar-refractivity contribution in [2.45, 2.75) is 4.83 Å². The molecule has 1 heterocycles. The van der Waals surface area contributed by atoms with E-state index >= 15 is 0 Å². The Morgan fingerprint density at radius 1 is 0.895 bits per heavy atom. The van der Waals surface area contributed by atoms with Crippen LogP contribution in [-0.2, 0) is 0 Å². The lowest BCUT2D eigenvalue weighted by atomic mass is 10.0. The molecule has 2 aromatic carbocycles. The topological polar surface area (TPSA) is 13.1 Å². The SMILES string of the molecule is Clc1ccc(C(Br)c2ccc(Cl)c3ccccc23)o1. The van der Waals surface area contributed by atoms with Crippen LogP contribution in [0.5, 0.6) is 0 Å². The van der Waals surface area contributed by atoms with E-state index in [0.717, 1.165) is 27.1 Å². The Labute approximate surface area is 129 Å². The lowest BCUT2D eigenvalue weighted by Gasteiger charge is -2.12. The van der Waals surface area contributed by atoms with Gasteiger partial charge in [-0.2, -0.15) is 0 Å². The van der Waals surface area contributed by atoms with Gasteiger partial charge in [0.25, 0.3) is 0 Å². The molecule has 0 saturated carbocycles. The van der Waals surface area contributed by atoms with Gasteiger partial charge in [-0.05, 0) is 40.7 Å². The van der Waals surface area contributed by atoms with Crippen molar-refractivity contribution >= 4 is 49.9 Å². The van der Waals surface area contributed by atoms with Crippen LogP contribution in [0, 0.1) is 0 Å². The minimum atomic E-state index is -0.0535. The molecular formula is C15H9BrCl2O. The van der Waals surface area contributed by atoms with Gasteiger partial charge in [-0.1, -0.05) is 57.9 Å². The monoisotopic (exact) mass is 354 g/mol. The fraction of sp³-hybridized carbons (Fsp3) is 0.0667. The summed E-state index contributed by atoms with van der Waals surface area (Å²) < 4.78 is 5.46. The molecule has 3 aromatic rings. The number of alkyl halides is 1. The molecule has 19 heavy (non-hydrogen) atoms. The van der Waals surface area contributed by atoms with E-state index in [0.29, 0.717) is 5.22 Å². The van der Waals surface area contributed by atoms with Gasteiger partial charge in [-0.15, -0.1) is 0 Å². The highest BCUT2D eigenvalue weighted by Gasteiger charge is 2.17. The van der Waals surface area contributed by atoms with Crippen molar-refractivity contribution in [1.29, 1.82) is 0 Å². The van der Waals surface area contributed by atoms with Gasteiger partial charge in [0.2, 0.25) is 0 Å². The van der Waals surface area contributed by atoms with Gasteiger partial charge in [0.1, 0.15) is 5.76 Å². The van der Waals surface area contributed by atoms with Crippen molar-refractivity contribution in [3.05, 3.63) is 70.1 Å². The van der Waals surface area contributed by atoms with Crippen LogP contribution in [0.4, 0.5) is 0 Å². The average molecular weight is 356 g/mol. The summed E-state index contributed by atoms with van der Waals surface area (Å²) >= 11 is 15.7.